The van der Waals surface area contributed by atoms with Crippen molar-refractivity contribution in [3.05, 3.63) is 0 Å². The van der Waals surface area contributed by atoms with Gasteiger partial charge in [-0.3, -0.25) is 0 Å². The van der Waals surface area contributed by atoms with E-state index in [0.717, 1.165) is 29.8 Å². The number of fused-ring (bicyclic) bond motifs is 2. The standard InChI is InChI=1S/C16H29N/c1-11(14-10-12-6-7-13(14)9-12)17-15-5-4-8-16(15,2)3/h11-15,17H,4-10H2,1-3H3. The van der Waals surface area contributed by atoms with E-state index in [9.17, 15) is 0 Å². The maximum atomic E-state index is 4.00. The Kier molecular flexibility index (Phi) is 3.01. The third-order valence-electron chi connectivity index (χ3n) is 6.16. The van der Waals surface area contributed by atoms with E-state index >= 15 is 0 Å². The van der Waals surface area contributed by atoms with Gasteiger partial charge < -0.3 is 5.32 Å². The Bertz CT molecular complexity index is 283. The summed E-state index contributed by atoms with van der Waals surface area (Å²) in [5.41, 5.74) is 0.534. The first-order valence-corrected chi connectivity index (χ1v) is 7.82. The quantitative estimate of drug-likeness (QED) is 0.780. The Hall–Kier alpha value is -0.0400. The second-order valence-electron chi connectivity index (χ2n) is 7.73. The van der Waals surface area contributed by atoms with Crippen molar-refractivity contribution in [1.29, 1.82) is 0 Å². The Morgan fingerprint density at radius 1 is 1.12 bits per heavy atom. The van der Waals surface area contributed by atoms with Gasteiger partial charge in [-0.15, -0.1) is 0 Å². The molecule has 5 unspecified atom stereocenters. The lowest BCUT2D eigenvalue weighted by Gasteiger charge is -2.35. The molecule has 98 valence electrons. The molecular weight excluding hydrogens is 206 g/mol. The molecule has 0 aromatic carbocycles. The lowest BCUT2D eigenvalue weighted by Crippen LogP contribution is -2.46. The van der Waals surface area contributed by atoms with Gasteiger partial charge in [-0.05, 0) is 62.2 Å². The van der Waals surface area contributed by atoms with Crippen molar-refractivity contribution in [1.82, 2.24) is 5.32 Å². The third-order valence-corrected chi connectivity index (χ3v) is 6.16. The van der Waals surface area contributed by atoms with Crippen LogP contribution in [0.1, 0.15) is 65.7 Å². The Morgan fingerprint density at radius 3 is 2.47 bits per heavy atom. The van der Waals surface area contributed by atoms with Crippen molar-refractivity contribution < 1.29 is 0 Å². The number of hydrogen-bond acceptors (Lipinski definition) is 1. The highest BCUT2D eigenvalue weighted by Crippen LogP contribution is 2.50. The summed E-state index contributed by atoms with van der Waals surface area (Å²) in [6, 6.07) is 1.53. The van der Waals surface area contributed by atoms with E-state index in [1.54, 1.807) is 6.42 Å². The highest BCUT2D eigenvalue weighted by molar-refractivity contribution is 4.97. The Balaban J connectivity index is 1.58. The summed E-state index contributed by atoms with van der Waals surface area (Å²) in [5.74, 6) is 3.14. The second-order valence-corrected chi connectivity index (χ2v) is 7.73. The molecule has 0 amide bonds. The Morgan fingerprint density at radius 2 is 1.94 bits per heavy atom. The fraction of sp³-hybridized carbons (Fsp3) is 1.00. The minimum absolute atomic E-state index is 0.534. The molecule has 1 N–H and O–H groups in total. The molecule has 0 aromatic heterocycles. The van der Waals surface area contributed by atoms with Gasteiger partial charge in [0.05, 0.1) is 0 Å². The lowest BCUT2D eigenvalue weighted by atomic mass is 9.81. The average Bonchev–Trinajstić information content (AvgIpc) is 2.94. The zero-order valence-electron chi connectivity index (χ0n) is 11.8. The molecule has 1 heteroatoms. The number of rotatable bonds is 3. The lowest BCUT2D eigenvalue weighted by molar-refractivity contribution is 0.201. The summed E-state index contributed by atoms with van der Waals surface area (Å²) in [5, 5.41) is 4.00. The number of hydrogen-bond donors (Lipinski definition) is 1. The van der Waals surface area contributed by atoms with Gasteiger partial charge in [0.15, 0.2) is 0 Å². The van der Waals surface area contributed by atoms with E-state index in [-0.39, 0.29) is 0 Å². The predicted molar refractivity (Wildman–Crippen MR) is 73.0 cm³/mol. The highest BCUT2D eigenvalue weighted by atomic mass is 15.0. The second kappa shape index (κ2) is 4.26. The molecule has 5 atom stereocenters. The third kappa shape index (κ3) is 2.16. The monoisotopic (exact) mass is 235 g/mol. The van der Waals surface area contributed by atoms with Crippen LogP contribution in [-0.2, 0) is 0 Å². The smallest absolute Gasteiger partial charge is 0.0121 e. The van der Waals surface area contributed by atoms with Gasteiger partial charge >= 0.3 is 0 Å². The van der Waals surface area contributed by atoms with Crippen molar-refractivity contribution >= 4 is 0 Å². The van der Waals surface area contributed by atoms with Crippen LogP contribution in [0.25, 0.3) is 0 Å². The minimum Gasteiger partial charge on any atom is -0.311 e. The molecule has 0 heterocycles. The first-order valence-electron chi connectivity index (χ1n) is 7.82. The van der Waals surface area contributed by atoms with Crippen molar-refractivity contribution in [2.24, 2.45) is 23.2 Å². The maximum absolute atomic E-state index is 4.00. The fourth-order valence-corrected chi connectivity index (χ4v) is 4.98. The maximum Gasteiger partial charge on any atom is 0.0121 e. The highest BCUT2D eigenvalue weighted by Gasteiger charge is 2.43. The normalized spacial score (nSPS) is 45.4. The van der Waals surface area contributed by atoms with Crippen LogP contribution in [0.3, 0.4) is 0 Å². The summed E-state index contributed by atoms with van der Waals surface area (Å²) in [6.07, 6.45) is 10.4. The molecule has 3 aliphatic carbocycles. The zero-order valence-corrected chi connectivity index (χ0v) is 11.8. The first kappa shape index (κ1) is 12.0. The van der Waals surface area contributed by atoms with E-state index in [1.165, 1.54) is 38.5 Å². The summed E-state index contributed by atoms with van der Waals surface area (Å²) in [4.78, 5) is 0. The van der Waals surface area contributed by atoms with Gasteiger partial charge in [0.2, 0.25) is 0 Å². The molecule has 2 bridgehead atoms. The van der Waals surface area contributed by atoms with E-state index in [0.29, 0.717) is 5.41 Å². The summed E-state index contributed by atoms with van der Waals surface area (Å²) in [6.45, 7) is 7.36. The molecule has 3 aliphatic rings. The van der Waals surface area contributed by atoms with Crippen molar-refractivity contribution in [3.63, 3.8) is 0 Å². The molecule has 3 rings (SSSR count). The van der Waals surface area contributed by atoms with Crippen LogP contribution in [0.2, 0.25) is 0 Å². The summed E-state index contributed by atoms with van der Waals surface area (Å²) in [7, 11) is 0. The van der Waals surface area contributed by atoms with E-state index in [1.807, 2.05) is 0 Å². The van der Waals surface area contributed by atoms with Crippen LogP contribution in [0.15, 0.2) is 0 Å². The van der Waals surface area contributed by atoms with Crippen LogP contribution in [-0.4, -0.2) is 12.1 Å². The molecule has 0 aromatic rings. The van der Waals surface area contributed by atoms with Crippen LogP contribution in [0, 0.1) is 23.2 Å². The summed E-state index contributed by atoms with van der Waals surface area (Å²) < 4.78 is 0. The van der Waals surface area contributed by atoms with Crippen LogP contribution in [0.4, 0.5) is 0 Å². The Labute approximate surface area is 107 Å². The topological polar surface area (TPSA) is 12.0 Å². The van der Waals surface area contributed by atoms with Gasteiger partial charge in [0.1, 0.15) is 0 Å². The molecule has 0 radical (unpaired) electrons. The fourth-order valence-electron chi connectivity index (χ4n) is 4.98. The van der Waals surface area contributed by atoms with Crippen LogP contribution >= 0.6 is 0 Å². The van der Waals surface area contributed by atoms with Crippen molar-refractivity contribution in [3.8, 4) is 0 Å². The molecule has 1 nitrogen and oxygen atoms in total. The van der Waals surface area contributed by atoms with Gasteiger partial charge in [-0.2, -0.15) is 0 Å². The molecular formula is C16H29N. The largest absolute Gasteiger partial charge is 0.311 e. The van der Waals surface area contributed by atoms with Crippen LogP contribution in [0.5, 0.6) is 0 Å². The molecule has 3 fully saturated rings. The SMILES string of the molecule is CC(NC1CCCC1(C)C)C1CC2CCC1C2. The van der Waals surface area contributed by atoms with E-state index < -0.39 is 0 Å². The average molecular weight is 235 g/mol. The molecule has 3 saturated carbocycles. The van der Waals surface area contributed by atoms with Gasteiger partial charge in [0, 0.05) is 12.1 Å². The van der Waals surface area contributed by atoms with Gasteiger partial charge in [-0.25, -0.2) is 0 Å². The van der Waals surface area contributed by atoms with Gasteiger partial charge in [0.25, 0.3) is 0 Å². The zero-order chi connectivity index (χ0) is 12.0. The van der Waals surface area contributed by atoms with Gasteiger partial charge in [-0.1, -0.05) is 26.7 Å². The van der Waals surface area contributed by atoms with E-state index in [2.05, 4.69) is 26.1 Å². The molecule has 0 aliphatic heterocycles. The van der Waals surface area contributed by atoms with Crippen molar-refractivity contribution in [2.75, 3.05) is 0 Å². The first-order chi connectivity index (χ1) is 8.06. The van der Waals surface area contributed by atoms with Crippen molar-refractivity contribution in [2.45, 2.75) is 77.8 Å². The minimum atomic E-state index is 0.534. The van der Waals surface area contributed by atoms with Crippen LogP contribution < -0.4 is 5.32 Å². The molecule has 17 heavy (non-hydrogen) atoms. The number of nitrogens with one attached hydrogen (secondary N) is 1. The summed E-state index contributed by atoms with van der Waals surface area (Å²) >= 11 is 0. The predicted octanol–water partition coefficient (Wildman–Crippen LogP) is 3.98. The molecule has 0 saturated heterocycles. The molecule has 0 spiro atoms. The van der Waals surface area contributed by atoms with E-state index in [4.69, 9.17) is 0 Å².